The van der Waals surface area contributed by atoms with Crippen LogP contribution in [-0.2, 0) is 16.2 Å². The average Bonchev–Trinajstić information content (AvgIpc) is 2.26. The molecule has 3 N–H and O–H groups in total. The van der Waals surface area contributed by atoms with Crippen molar-refractivity contribution in [2.45, 2.75) is 19.5 Å². The molecule has 9 heteroatoms. The maximum Gasteiger partial charge on any atom is 0.417 e. The molecule has 0 unspecified atom stereocenters. The smallest absolute Gasteiger partial charge is 0.389 e. The van der Waals surface area contributed by atoms with Gasteiger partial charge in [-0.2, -0.15) is 13.2 Å². The minimum atomic E-state index is -4.68. The Hall–Kier alpha value is -1.35. The van der Waals surface area contributed by atoms with Crippen LogP contribution in [-0.4, -0.2) is 19.2 Å². The van der Waals surface area contributed by atoms with Crippen molar-refractivity contribution >= 4 is 32.9 Å². The third-order valence-electron chi connectivity index (χ3n) is 2.34. The monoisotopic (exact) mass is 326 g/mol. The van der Waals surface area contributed by atoms with E-state index in [9.17, 15) is 21.6 Å². The summed E-state index contributed by atoms with van der Waals surface area (Å²) in [4.78, 5) is -0.403. The van der Waals surface area contributed by atoms with Crippen LogP contribution in [0.5, 0.6) is 0 Å². The Morgan fingerprint density at radius 3 is 2.45 bits per heavy atom. The van der Waals surface area contributed by atoms with Crippen LogP contribution in [0.4, 0.5) is 18.9 Å². The summed E-state index contributed by atoms with van der Waals surface area (Å²) in [5, 5.41) is 0. The van der Waals surface area contributed by atoms with Crippen molar-refractivity contribution in [3.63, 3.8) is 0 Å². The van der Waals surface area contributed by atoms with Crippen LogP contribution in [0.25, 0.3) is 0 Å². The normalized spacial score (nSPS) is 12.2. The highest BCUT2D eigenvalue weighted by Crippen LogP contribution is 2.34. The van der Waals surface area contributed by atoms with Gasteiger partial charge in [0.25, 0.3) is 0 Å². The average molecular weight is 326 g/mol. The second-order valence-electron chi connectivity index (χ2n) is 4.04. The van der Waals surface area contributed by atoms with E-state index in [-0.39, 0.29) is 17.0 Å². The summed E-state index contributed by atoms with van der Waals surface area (Å²) in [5.74, 6) is -0.175. The van der Waals surface area contributed by atoms with Gasteiger partial charge in [0, 0.05) is 11.3 Å². The van der Waals surface area contributed by atoms with Crippen LogP contribution < -0.4 is 10.5 Å². The molecule has 0 amide bonds. The standard InChI is InChI=1S/C11H13F3N2O2S2/c1-2-5-20(17,18)16-7-3-4-8(10(15)19)9(6-7)11(12,13)14/h3-4,6,16H,2,5H2,1H3,(H2,15,19). The van der Waals surface area contributed by atoms with Crippen LogP contribution in [0.2, 0.25) is 0 Å². The van der Waals surface area contributed by atoms with E-state index in [0.717, 1.165) is 6.07 Å². The van der Waals surface area contributed by atoms with E-state index in [1.54, 1.807) is 6.92 Å². The number of anilines is 1. The van der Waals surface area contributed by atoms with E-state index in [1.807, 2.05) is 0 Å². The molecule has 0 radical (unpaired) electrons. The summed E-state index contributed by atoms with van der Waals surface area (Å²) >= 11 is 4.55. The van der Waals surface area contributed by atoms with Crippen molar-refractivity contribution in [2.75, 3.05) is 10.5 Å². The van der Waals surface area contributed by atoms with Crippen LogP contribution in [0.1, 0.15) is 24.5 Å². The lowest BCUT2D eigenvalue weighted by molar-refractivity contribution is -0.137. The number of alkyl halides is 3. The number of sulfonamides is 1. The van der Waals surface area contributed by atoms with E-state index < -0.39 is 26.8 Å². The number of nitrogens with one attached hydrogen (secondary N) is 1. The van der Waals surface area contributed by atoms with E-state index in [1.165, 1.54) is 6.07 Å². The first-order valence-electron chi connectivity index (χ1n) is 5.58. The molecule has 0 saturated carbocycles. The lowest BCUT2D eigenvalue weighted by atomic mass is 10.1. The van der Waals surface area contributed by atoms with Gasteiger partial charge >= 0.3 is 6.18 Å². The minimum absolute atomic E-state index is 0.175. The number of benzene rings is 1. The SMILES string of the molecule is CCCS(=O)(=O)Nc1ccc(C(N)=S)c(C(F)(F)F)c1. The fourth-order valence-electron chi connectivity index (χ4n) is 1.56. The minimum Gasteiger partial charge on any atom is -0.389 e. The van der Waals surface area contributed by atoms with E-state index >= 15 is 0 Å². The Bertz CT molecular complexity index is 613. The number of hydrogen-bond acceptors (Lipinski definition) is 3. The maximum atomic E-state index is 12.9. The number of nitrogens with two attached hydrogens (primary N) is 1. The molecule has 0 bridgehead atoms. The molecular weight excluding hydrogens is 313 g/mol. The second kappa shape index (κ2) is 5.96. The second-order valence-corrected chi connectivity index (χ2v) is 6.33. The zero-order chi connectivity index (χ0) is 15.6. The third kappa shape index (κ3) is 4.34. The number of hydrogen-bond donors (Lipinski definition) is 2. The topological polar surface area (TPSA) is 72.2 Å². The van der Waals surface area contributed by atoms with Crippen LogP contribution in [0, 0.1) is 0 Å². The highest BCUT2D eigenvalue weighted by Gasteiger charge is 2.34. The molecule has 0 heterocycles. The summed E-state index contributed by atoms with van der Waals surface area (Å²) in [6, 6.07) is 2.92. The molecule has 4 nitrogen and oxygen atoms in total. The van der Waals surface area contributed by atoms with Crippen molar-refractivity contribution < 1.29 is 21.6 Å². The Kier molecular flexibility index (Phi) is 4.98. The number of halogens is 3. The Morgan fingerprint density at radius 2 is 2.00 bits per heavy atom. The summed E-state index contributed by atoms with van der Waals surface area (Å²) < 4.78 is 63.8. The quantitative estimate of drug-likeness (QED) is 0.816. The lowest BCUT2D eigenvalue weighted by Gasteiger charge is -2.14. The molecular formula is C11H13F3N2O2S2. The van der Waals surface area contributed by atoms with Gasteiger partial charge in [0.15, 0.2) is 0 Å². The molecule has 0 aliphatic rings. The zero-order valence-corrected chi connectivity index (χ0v) is 12.1. The van der Waals surface area contributed by atoms with E-state index in [2.05, 4.69) is 16.9 Å². The van der Waals surface area contributed by atoms with Crippen molar-refractivity contribution in [2.24, 2.45) is 5.73 Å². The largest absolute Gasteiger partial charge is 0.417 e. The van der Waals surface area contributed by atoms with Crippen molar-refractivity contribution in [1.29, 1.82) is 0 Å². The molecule has 0 atom stereocenters. The fourth-order valence-corrected chi connectivity index (χ4v) is 2.86. The van der Waals surface area contributed by atoms with Gasteiger partial charge in [-0.25, -0.2) is 8.42 Å². The molecule has 1 aromatic carbocycles. The maximum absolute atomic E-state index is 12.9. The first-order valence-corrected chi connectivity index (χ1v) is 7.64. The Balaban J connectivity index is 3.24. The number of rotatable bonds is 5. The summed E-state index contributed by atoms with van der Waals surface area (Å²) in [5.41, 5.74) is 3.64. The van der Waals surface area contributed by atoms with Gasteiger partial charge < -0.3 is 5.73 Å². The molecule has 0 saturated heterocycles. The Labute approximate surface area is 120 Å². The van der Waals surface area contributed by atoms with Crippen LogP contribution >= 0.6 is 12.2 Å². The molecule has 1 aromatic rings. The van der Waals surface area contributed by atoms with Gasteiger partial charge in [-0.15, -0.1) is 0 Å². The highest BCUT2D eigenvalue weighted by molar-refractivity contribution is 7.92. The molecule has 0 spiro atoms. The van der Waals surface area contributed by atoms with Gasteiger partial charge in [-0.05, 0) is 24.6 Å². The highest BCUT2D eigenvalue weighted by atomic mass is 32.2. The van der Waals surface area contributed by atoms with Gasteiger partial charge in [-0.1, -0.05) is 19.1 Å². The fraction of sp³-hybridized carbons (Fsp3) is 0.364. The summed E-state index contributed by atoms with van der Waals surface area (Å²) in [7, 11) is -3.66. The zero-order valence-electron chi connectivity index (χ0n) is 10.5. The van der Waals surface area contributed by atoms with Crippen molar-refractivity contribution in [3.8, 4) is 0 Å². The van der Waals surface area contributed by atoms with E-state index in [0.29, 0.717) is 12.5 Å². The van der Waals surface area contributed by atoms with Gasteiger partial charge in [0.1, 0.15) is 4.99 Å². The molecule has 20 heavy (non-hydrogen) atoms. The van der Waals surface area contributed by atoms with Crippen molar-refractivity contribution in [1.82, 2.24) is 0 Å². The summed E-state index contributed by atoms with van der Waals surface area (Å²) in [6.45, 7) is 1.65. The van der Waals surface area contributed by atoms with Crippen LogP contribution in [0.3, 0.4) is 0 Å². The Morgan fingerprint density at radius 1 is 1.40 bits per heavy atom. The lowest BCUT2D eigenvalue weighted by Crippen LogP contribution is -2.20. The predicted octanol–water partition coefficient (Wildman–Crippen LogP) is 2.49. The van der Waals surface area contributed by atoms with Gasteiger partial charge in [-0.3, -0.25) is 4.72 Å². The number of thiocarbonyl (C=S) groups is 1. The first-order chi connectivity index (χ1) is 9.07. The molecule has 0 aromatic heterocycles. The molecule has 0 fully saturated rings. The van der Waals surface area contributed by atoms with Gasteiger partial charge in [0.2, 0.25) is 10.0 Å². The molecule has 112 valence electrons. The van der Waals surface area contributed by atoms with E-state index in [4.69, 9.17) is 5.73 Å². The third-order valence-corrected chi connectivity index (χ3v) is 4.05. The molecule has 0 aliphatic heterocycles. The van der Waals surface area contributed by atoms with Crippen molar-refractivity contribution in [3.05, 3.63) is 29.3 Å². The molecule has 1 rings (SSSR count). The molecule has 0 aliphatic carbocycles. The van der Waals surface area contributed by atoms with Gasteiger partial charge in [0.05, 0.1) is 11.3 Å². The summed E-state index contributed by atoms with van der Waals surface area (Å²) in [6.07, 6.45) is -4.32. The first kappa shape index (κ1) is 16.7. The predicted molar refractivity (Wildman–Crippen MR) is 75.0 cm³/mol. The van der Waals surface area contributed by atoms with Crippen LogP contribution in [0.15, 0.2) is 18.2 Å².